The van der Waals surface area contributed by atoms with Crippen LogP contribution in [0.4, 0.5) is 0 Å². The van der Waals surface area contributed by atoms with Gasteiger partial charge in [0.1, 0.15) is 11.9 Å². The molecule has 0 radical (unpaired) electrons. The SMILES string of the molecule is CNC(=N)c1ccc(C[C@H](NS(=O)(=O)c2ccc3ccccc3c2)C(=O)N(C)C)cc1. The predicted molar refractivity (Wildman–Crippen MR) is 123 cm³/mol. The van der Waals surface area contributed by atoms with Crippen molar-refractivity contribution in [2.24, 2.45) is 0 Å². The molecule has 0 aliphatic carbocycles. The number of rotatable bonds is 7. The molecule has 162 valence electrons. The van der Waals surface area contributed by atoms with E-state index in [4.69, 9.17) is 5.41 Å². The third kappa shape index (κ3) is 5.28. The molecule has 0 bridgehead atoms. The van der Waals surface area contributed by atoms with Gasteiger partial charge in [-0.25, -0.2) is 8.42 Å². The van der Waals surface area contributed by atoms with Gasteiger partial charge < -0.3 is 10.2 Å². The second kappa shape index (κ2) is 9.28. The number of sulfonamides is 1. The van der Waals surface area contributed by atoms with Gasteiger partial charge in [-0.1, -0.05) is 54.6 Å². The number of likely N-dealkylation sites (N-methyl/N-ethyl adjacent to an activating group) is 1. The molecule has 3 aromatic carbocycles. The Kier molecular flexibility index (Phi) is 6.72. The second-order valence-corrected chi connectivity index (χ2v) is 9.16. The fraction of sp³-hybridized carbons (Fsp3) is 0.217. The zero-order chi connectivity index (χ0) is 22.6. The number of carbonyl (C=O) groups is 1. The van der Waals surface area contributed by atoms with Crippen molar-refractivity contribution in [3.05, 3.63) is 77.9 Å². The number of fused-ring (bicyclic) bond motifs is 1. The molecule has 0 saturated carbocycles. The van der Waals surface area contributed by atoms with Crippen molar-refractivity contribution in [1.82, 2.24) is 14.9 Å². The Balaban J connectivity index is 1.87. The highest BCUT2D eigenvalue weighted by Gasteiger charge is 2.27. The van der Waals surface area contributed by atoms with E-state index >= 15 is 0 Å². The molecule has 0 saturated heterocycles. The Morgan fingerprint density at radius 3 is 2.26 bits per heavy atom. The predicted octanol–water partition coefficient (Wildman–Crippen LogP) is 2.36. The van der Waals surface area contributed by atoms with Gasteiger partial charge >= 0.3 is 0 Å². The minimum Gasteiger partial charge on any atom is -0.373 e. The van der Waals surface area contributed by atoms with E-state index in [0.717, 1.165) is 16.3 Å². The van der Waals surface area contributed by atoms with Crippen LogP contribution in [0.15, 0.2) is 71.6 Å². The molecule has 0 fully saturated rings. The minimum atomic E-state index is -3.92. The van der Waals surface area contributed by atoms with Crippen molar-refractivity contribution in [2.45, 2.75) is 17.4 Å². The maximum Gasteiger partial charge on any atom is 0.241 e. The monoisotopic (exact) mass is 438 g/mol. The first kappa shape index (κ1) is 22.5. The summed E-state index contributed by atoms with van der Waals surface area (Å²) >= 11 is 0. The highest BCUT2D eigenvalue weighted by atomic mass is 32.2. The lowest BCUT2D eigenvalue weighted by molar-refractivity contribution is -0.130. The topological polar surface area (TPSA) is 102 Å². The van der Waals surface area contributed by atoms with Crippen LogP contribution in [0.3, 0.4) is 0 Å². The molecule has 7 nitrogen and oxygen atoms in total. The van der Waals surface area contributed by atoms with Crippen molar-refractivity contribution in [1.29, 1.82) is 5.41 Å². The highest BCUT2D eigenvalue weighted by molar-refractivity contribution is 7.89. The Labute approximate surface area is 182 Å². The Bertz CT molecular complexity index is 1200. The molecular formula is C23H26N4O3S. The summed E-state index contributed by atoms with van der Waals surface area (Å²) in [5.41, 5.74) is 1.49. The normalized spacial score (nSPS) is 12.4. The van der Waals surface area contributed by atoms with Crippen LogP contribution < -0.4 is 10.0 Å². The van der Waals surface area contributed by atoms with Crippen LogP contribution >= 0.6 is 0 Å². The van der Waals surface area contributed by atoms with Gasteiger partial charge in [-0.3, -0.25) is 10.2 Å². The third-order valence-electron chi connectivity index (χ3n) is 5.00. The van der Waals surface area contributed by atoms with Crippen molar-refractivity contribution in [3.8, 4) is 0 Å². The summed E-state index contributed by atoms with van der Waals surface area (Å²) in [4.78, 5) is 14.2. The average molecular weight is 439 g/mol. The van der Waals surface area contributed by atoms with E-state index in [1.54, 1.807) is 63.6 Å². The summed E-state index contributed by atoms with van der Waals surface area (Å²) in [6, 6.07) is 18.6. The quantitative estimate of drug-likeness (QED) is 0.389. The van der Waals surface area contributed by atoms with Crippen molar-refractivity contribution >= 4 is 32.5 Å². The fourth-order valence-electron chi connectivity index (χ4n) is 3.27. The molecule has 3 aromatic rings. The van der Waals surface area contributed by atoms with Crippen molar-refractivity contribution in [3.63, 3.8) is 0 Å². The largest absolute Gasteiger partial charge is 0.373 e. The smallest absolute Gasteiger partial charge is 0.241 e. The average Bonchev–Trinajstić information content (AvgIpc) is 2.77. The van der Waals surface area contributed by atoms with E-state index in [2.05, 4.69) is 10.0 Å². The molecule has 1 amide bonds. The van der Waals surface area contributed by atoms with E-state index in [0.29, 0.717) is 5.56 Å². The summed E-state index contributed by atoms with van der Waals surface area (Å²) in [6.45, 7) is 0. The first-order chi connectivity index (χ1) is 14.7. The van der Waals surface area contributed by atoms with Crippen LogP contribution in [-0.4, -0.2) is 52.2 Å². The van der Waals surface area contributed by atoms with Gasteiger partial charge in [0.2, 0.25) is 15.9 Å². The molecule has 31 heavy (non-hydrogen) atoms. The fourth-order valence-corrected chi connectivity index (χ4v) is 4.49. The number of nitrogens with zero attached hydrogens (tertiary/aromatic N) is 1. The Morgan fingerprint density at radius 1 is 1.00 bits per heavy atom. The van der Waals surface area contributed by atoms with Crippen LogP contribution in [0, 0.1) is 5.41 Å². The lowest BCUT2D eigenvalue weighted by atomic mass is 10.0. The number of carbonyl (C=O) groups excluding carboxylic acids is 1. The molecular weight excluding hydrogens is 412 g/mol. The lowest BCUT2D eigenvalue weighted by Crippen LogP contribution is -2.47. The summed E-state index contributed by atoms with van der Waals surface area (Å²) in [5.74, 6) is -0.0547. The minimum absolute atomic E-state index is 0.112. The zero-order valence-electron chi connectivity index (χ0n) is 17.7. The number of nitrogens with one attached hydrogen (secondary N) is 3. The standard InChI is InChI=1S/C23H26N4O3S/c1-25-22(24)18-10-8-16(9-11-18)14-21(23(28)27(2)3)26-31(29,30)20-13-12-17-6-4-5-7-19(17)15-20/h4-13,15,21,26H,14H2,1-3H3,(H2,24,25)/t21-/m0/s1. The Morgan fingerprint density at radius 2 is 1.65 bits per heavy atom. The summed E-state index contributed by atoms with van der Waals surface area (Å²) in [7, 11) is 0.942. The molecule has 8 heteroatoms. The van der Waals surface area contributed by atoms with Crippen LogP contribution in [-0.2, 0) is 21.2 Å². The lowest BCUT2D eigenvalue weighted by Gasteiger charge is -2.22. The van der Waals surface area contributed by atoms with Crippen molar-refractivity contribution < 1.29 is 13.2 Å². The summed E-state index contributed by atoms with van der Waals surface area (Å²) in [6.07, 6.45) is 0.191. The van der Waals surface area contributed by atoms with Crippen LogP contribution in [0.5, 0.6) is 0 Å². The second-order valence-electron chi connectivity index (χ2n) is 7.44. The molecule has 0 aliphatic rings. The highest BCUT2D eigenvalue weighted by Crippen LogP contribution is 2.20. The van der Waals surface area contributed by atoms with Gasteiger partial charge in [0.05, 0.1) is 4.90 Å². The van der Waals surface area contributed by atoms with E-state index in [9.17, 15) is 13.2 Å². The maximum absolute atomic E-state index is 13.1. The molecule has 0 unspecified atom stereocenters. The molecule has 3 N–H and O–H groups in total. The van der Waals surface area contributed by atoms with Gasteiger partial charge in [0.15, 0.2) is 0 Å². The Hall–Kier alpha value is -3.23. The molecule has 0 aromatic heterocycles. The van der Waals surface area contributed by atoms with Crippen LogP contribution in [0.1, 0.15) is 11.1 Å². The van der Waals surface area contributed by atoms with Gasteiger partial charge in [0.25, 0.3) is 0 Å². The molecule has 0 heterocycles. The number of amides is 1. The van der Waals surface area contributed by atoms with Crippen LogP contribution in [0.25, 0.3) is 10.8 Å². The first-order valence-electron chi connectivity index (χ1n) is 9.79. The molecule has 3 rings (SSSR count). The number of benzene rings is 3. The molecule has 1 atom stereocenters. The summed E-state index contributed by atoms with van der Waals surface area (Å²) in [5, 5.41) is 12.3. The van der Waals surface area contributed by atoms with Gasteiger partial charge in [-0.05, 0) is 34.9 Å². The van der Waals surface area contributed by atoms with Gasteiger partial charge in [-0.15, -0.1) is 0 Å². The summed E-state index contributed by atoms with van der Waals surface area (Å²) < 4.78 is 28.7. The van der Waals surface area contributed by atoms with Gasteiger partial charge in [-0.2, -0.15) is 4.72 Å². The number of hydrogen-bond donors (Lipinski definition) is 3. The number of amidine groups is 1. The maximum atomic E-state index is 13.1. The van der Waals surface area contributed by atoms with E-state index in [1.165, 1.54) is 4.90 Å². The van der Waals surface area contributed by atoms with Crippen LogP contribution in [0.2, 0.25) is 0 Å². The van der Waals surface area contributed by atoms with Gasteiger partial charge in [0, 0.05) is 26.7 Å². The molecule has 0 aliphatic heterocycles. The first-order valence-corrected chi connectivity index (χ1v) is 11.3. The third-order valence-corrected chi connectivity index (χ3v) is 6.47. The zero-order valence-corrected chi connectivity index (χ0v) is 18.5. The van der Waals surface area contributed by atoms with E-state index < -0.39 is 16.1 Å². The van der Waals surface area contributed by atoms with E-state index in [-0.39, 0.29) is 23.1 Å². The molecule has 0 spiro atoms. The van der Waals surface area contributed by atoms with Crippen molar-refractivity contribution in [2.75, 3.05) is 21.1 Å². The number of hydrogen-bond acceptors (Lipinski definition) is 4. The van der Waals surface area contributed by atoms with E-state index in [1.807, 2.05) is 24.3 Å².